The topological polar surface area (TPSA) is 150 Å². The molecule has 0 bridgehead atoms. The Morgan fingerprint density at radius 1 is 1.24 bits per heavy atom. The molecule has 0 spiro atoms. The maximum Gasteiger partial charge on any atom is 0.361 e. The lowest BCUT2D eigenvalue weighted by Crippen LogP contribution is -2.22. The van der Waals surface area contributed by atoms with Crippen LogP contribution >= 0.6 is 31.9 Å². The highest BCUT2D eigenvalue weighted by molar-refractivity contribution is 9.11. The molecule has 0 radical (unpaired) electrons. The molecule has 12 heteroatoms. The molecule has 0 saturated carbocycles. The van der Waals surface area contributed by atoms with Gasteiger partial charge in [0, 0.05) is 33.5 Å². The number of nitrogen functional groups attached to an aromatic ring is 1. The van der Waals surface area contributed by atoms with Gasteiger partial charge < -0.3 is 15.8 Å². The monoisotopic (exact) mass is 473 g/mol. The summed E-state index contributed by atoms with van der Waals surface area (Å²) in [6, 6.07) is 2.46. The standard InChI is InChI=1S/C13H9Br2N5O5/c14-7-3-6(20(23)24)4-8(15)10(7)19-9(21)5-25-13(22)11-12(16)18-2-1-17-11/h1-4H,5H2,(H2,16,18)(H,19,21). The summed E-state index contributed by atoms with van der Waals surface area (Å²) in [5.41, 5.74) is 5.38. The van der Waals surface area contributed by atoms with Crippen LogP contribution < -0.4 is 11.1 Å². The van der Waals surface area contributed by atoms with Crippen molar-refractivity contribution in [3.8, 4) is 0 Å². The van der Waals surface area contributed by atoms with Gasteiger partial charge in [0.05, 0.1) is 10.6 Å². The van der Waals surface area contributed by atoms with Gasteiger partial charge in [-0.05, 0) is 31.9 Å². The van der Waals surface area contributed by atoms with Gasteiger partial charge in [0.15, 0.2) is 18.1 Å². The van der Waals surface area contributed by atoms with Crippen molar-refractivity contribution in [1.29, 1.82) is 0 Å². The Kier molecular flexibility index (Phi) is 5.98. The minimum Gasteiger partial charge on any atom is -0.451 e. The first-order valence-corrected chi connectivity index (χ1v) is 8.05. The van der Waals surface area contributed by atoms with E-state index in [0.29, 0.717) is 0 Å². The minimum atomic E-state index is -0.900. The Hall–Kier alpha value is -2.60. The van der Waals surface area contributed by atoms with Crippen molar-refractivity contribution < 1.29 is 19.2 Å². The van der Waals surface area contributed by atoms with Crippen LogP contribution in [0.2, 0.25) is 0 Å². The Bertz CT molecular complexity index is 837. The van der Waals surface area contributed by atoms with Gasteiger partial charge in [0.2, 0.25) is 0 Å². The predicted octanol–water partition coefficient (Wildman–Crippen LogP) is 2.29. The third-order valence-corrected chi connectivity index (χ3v) is 4.01. The van der Waals surface area contributed by atoms with Gasteiger partial charge in [0.25, 0.3) is 11.6 Å². The molecule has 0 unspecified atom stereocenters. The van der Waals surface area contributed by atoms with Crippen molar-refractivity contribution in [2.45, 2.75) is 0 Å². The number of esters is 1. The second kappa shape index (κ2) is 7.98. The Labute approximate surface area is 157 Å². The first-order valence-electron chi connectivity index (χ1n) is 6.46. The summed E-state index contributed by atoms with van der Waals surface area (Å²) in [7, 11) is 0. The van der Waals surface area contributed by atoms with E-state index in [9.17, 15) is 19.7 Å². The van der Waals surface area contributed by atoms with Crippen LogP contribution in [0.15, 0.2) is 33.5 Å². The normalized spacial score (nSPS) is 10.2. The molecule has 0 aliphatic carbocycles. The summed E-state index contributed by atoms with van der Waals surface area (Å²) in [6.45, 7) is -0.606. The molecule has 1 aromatic carbocycles. The average Bonchev–Trinajstić information content (AvgIpc) is 2.56. The van der Waals surface area contributed by atoms with Crippen LogP contribution in [0, 0.1) is 10.1 Å². The van der Waals surface area contributed by atoms with Crippen LogP contribution in [-0.2, 0) is 9.53 Å². The molecule has 10 nitrogen and oxygen atoms in total. The van der Waals surface area contributed by atoms with Crippen LogP contribution in [0.4, 0.5) is 17.2 Å². The molecule has 25 heavy (non-hydrogen) atoms. The number of hydrogen-bond donors (Lipinski definition) is 2. The van der Waals surface area contributed by atoms with Crippen molar-refractivity contribution in [3.63, 3.8) is 0 Å². The first-order chi connectivity index (χ1) is 11.8. The molecule has 0 atom stereocenters. The maximum absolute atomic E-state index is 11.9. The van der Waals surface area contributed by atoms with Crippen LogP contribution in [0.3, 0.4) is 0 Å². The van der Waals surface area contributed by atoms with Gasteiger partial charge >= 0.3 is 5.97 Å². The lowest BCUT2D eigenvalue weighted by molar-refractivity contribution is -0.385. The van der Waals surface area contributed by atoms with Crippen LogP contribution in [0.1, 0.15) is 10.5 Å². The predicted molar refractivity (Wildman–Crippen MR) is 93.9 cm³/mol. The number of non-ortho nitro benzene ring substituents is 1. The highest BCUT2D eigenvalue weighted by atomic mass is 79.9. The lowest BCUT2D eigenvalue weighted by atomic mass is 10.3. The van der Waals surface area contributed by atoms with Gasteiger partial charge in [-0.3, -0.25) is 14.9 Å². The molecule has 2 aromatic rings. The molecule has 1 heterocycles. The number of amides is 1. The third-order valence-electron chi connectivity index (χ3n) is 2.76. The fourth-order valence-electron chi connectivity index (χ4n) is 1.67. The van der Waals surface area contributed by atoms with Crippen molar-refractivity contribution in [1.82, 2.24) is 9.97 Å². The van der Waals surface area contributed by atoms with Gasteiger partial charge in [-0.2, -0.15) is 0 Å². The van der Waals surface area contributed by atoms with Crippen molar-refractivity contribution >= 4 is 60.9 Å². The maximum atomic E-state index is 11.9. The average molecular weight is 475 g/mol. The quantitative estimate of drug-likeness (QED) is 0.380. The molecular weight excluding hydrogens is 466 g/mol. The molecule has 0 saturated heterocycles. The molecule has 1 aromatic heterocycles. The van der Waals surface area contributed by atoms with E-state index in [2.05, 4.69) is 47.1 Å². The Balaban J connectivity index is 2.03. The number of carbonyl (C=O) groups excluding carboxylic acids is 2. The van der Waals surface area contributed by atoms with Crippen molar-refractivity contribution in [2.75, 3.05) is 17.7 Å². The fourth-order valence-corrected chi connectivity index (χ4v) is 3.03. The SMILES string of the molecule is Nc1nccnc1C(=O)OCC(=O)Nc1c(Br)cc([N+](=O)[O-])cc1Br. The number of nitrogens with zero attached hydrogens (tertiary/aromatic N) is 3. The number of benzene rings is 1. The zero-order valence-electron chi connectivity index (χ0n) is 12.2. The Morgan fingerprint density at radius 2 is 1.84 bits per heavy atom. The van der Waals surface area contributed by atoms with Crippen LogP contribution in [-0.4, -0.2) is 33.4 Å². The van der Waals surface area contributed by atoms with E-state index >= 15 is 0 Å². The van der Waals surface area contributed by atoms with E-state index in [1.54, 1.807) is 0 Å². The fraction of sp³-hybridized carbons (Fsp3) is 0.0769. The zero-order valence-corrected chi connectivity index (χ0v) is 15.4. The van der Waals surface area contributed by atoms with E-state index in [0.717, 1.165) is 0 Å². The summed E-state index contributed by atoms with van der Waals surface area (Å²) in [4.78, 5) is 41.3. The van der Waals surface area contributed by atoms with Crippen molar-refractivity contribution in [2.24, 2.45) is 0 Å². The number of nitrogens with two attached hydrogens (primary N) is 1. The number of ether oxygens (including phenoxy) is 1. The van der Waals surface area contributed by atoms with E-state index in [-0.39, 0.29) is 31.8 Å². The van der Waals surface area contributed by atoms with E-state index in [4.69, 9.17) is 10.5 Å². The van der Waals surface area contributed by atoms with Crippen LogP contribution in [0.5, 0.6) is 0 Å². The molecule has 130 valence electrons. The number of hydrogen-bond acceptors (Lipinski definition) is 8. The number of rotatable bonds is 5. The van der Waals surface area contributed by atoms with Crippen LogP contribution in [0.25, 0.3) is 0 Å². The number of halogens is 2. The molecule has 0 aliphatic heterocycles. The van der Waals surface area contributed by atoms with E-state index in [1.165, 1.54) is 24.5 Å². The second-order valence-corrected chi connectivity index (χ2v) is 6.16. The smallest absolute Gasteiger partial charge is 0.361 e. The Morgan fingerprint density at radius 3 is 2.40 bits per heavy atom. The summed E-state index contributed by atoms with van der Waals surface area (Å²) in [5.74, 6) is -1.68. The number of nitro groups is 1. The number of anilines is 2. The highest BCUT2D eigenvalue weighted by Crippen LogP contribution is 2.35. The van der Waals surface area contributed by atoms with Gasteiger partial charge in [-0.15, -0.1) is 0 Å². The molecule has 2 rings (SSSR count). The molecule has 3 N–H and O–H groups in total. The molecule has 1 amide bonds. The summed E-state index contributed by atoms with van der Waals surface area (Å²) in [5, 5.41) is 13.2. The summed E-state index contributed by atoms with van der Waals surface area (Å²) in [6.07, 6.45) is 2.57. The summed E-state index contributed by atoms with van der Waals surface area (Å²) < 4.78 is 5.38. The number of nitro benzene ring substituents is 1. The number of nitrogens with one attached hydrogen (secondary N) is 1. The van der Waals surface area contributed by atoms with Gasteiger partial charge in [0.1, 0.15) is 0 Å². The lowest BCUT2D eigenvalue weighted by Gasteiger charge is -2.10. The number of carbonyl (C=O) groups is 2. The zero-order chi connectivity index (χ0) is 18.6. The van der Waals surface area contributed by atoms with Gasteiger partial charge in [-0.25, -0.2) is 14.8 Å². The highest BCUT2D eigenvalue weighted by Gasteiger charge is 2.18. The largest absolute Gasteiger partial charge is 0.451 e. The molecule has 0 aliphatic rings. The second-order valence-electron chi connectivity index (χ2n) is 4.46. The molecular formula is C13H9Br2N5O5. The number of aromatic nitrogens is 2. The van der Waals surface area contributed by atoms with E-state index in [1.807, 2.05) is 0 Å². The minimum absolute atomic E-state index is 0.117. The third kappa shape index (κ3) is 4.70. The molecule has 0 fully saturated rings. The van der Waals surface area contributed by atoms with Crippen molar-refractivity contribution in [3.05, 3.63) is 49.3 Å². The first kappa shape index (κ1) is 18.7. The summed E-state index contributed by atoms with van der Waals surface area (Å²) >= 11 is 6.26. The van der Waals surface area contributed by atoms with Gasteiger partial charge in [-0.1, -0.05) is 0 Å². The van der Waals surface area contributed by atoms with E-state index < -0.39 is 23.4 Å².